The van der Waals surface area contributed by atoms with E-state index in [-0.39, 0.29) is 24.1 Å². The first-order chi connectivity index (χ1) is 10.4. The summed E-state index contributed by atoms with van der Waals surface area (Å²) in [7, 11) is 0. The molecule has 8 N–H and O–H groups in total. The number of aliphatic imine (C=N–C) groups is 2. The molecule has 0 amide bonds. The van der Waals surface area contributed by atoms with Gasteiger partial charge in [-0.1, -0.05) is 18.2 Å². The highest BCUT2D eigenvalue weighted by atomic mass is 16.5. The monoisotopic (exact) mass is 304 g/mol. The van der Waals surface area contributed by atoms with Crippen molar-refractivity contribution in [1.29, 1.82) is 0 Å². The van der Waals surface area contributed by atoms with Gasteiger partial charge in [0.2, 0.25) is 11.4 Å². The fourth-order valence-corrected chi connectivity index (χ4v) is 3.65. The highest BCUT2D eigenvalue weighted by Gasteiger charge is 2.71. The van der Waals surface area contributed by atoms with Crippen LogP contribution in [-0.2, 0) is 5.79 Å². The number of aliphatic hydroxyl groups is 3. The number of rotatable bonds is 1. The lowest BCUT2D eigenvalue weighted by molar-refractivity contribution is -0.219. The quantitative estimate of drug-likeness (QED) is 0.309. The summed E-state index contributed by atoms with van der Waals surface area (Å²) in [4.78, 5) is 9.92. The molecule has 1 spiro atoms. The fraction of sp³-hybridized carbons (Fsp3) is 0.385. The zero-order valence-corrected chi connectivity index (χ0v) is 11.5. The Bertz CT molecular complexity index is 717. The largest absolute Gasteiger partial charge is 0.394 e. The maximum atomic E-state index is 10.9. The van der Waals surface area contributed by atoms with Gasteiger partial charge < -0.3 is 32.1 Å². The van der Waals surface area contributed by atoms with Gasteiger partial charge in [-0.3, -0.25) is 4.90 Å². The Labute approximate surface area is 125 Å². The number of nitrogens with two attached hydrogens (primary N) is 2. The third-order valence-electron chi connectivity index (χ3n) is 4.51. The number of hydrogen-bond donors (Lipinski definition) is 6. The van der Waals surface area contributed by atoms with E-state index in [2.05, 4.69) is 15.3 Å². The van der Waals surface area contributed by atoms with E-state index in [9.17, 15) is 15.3 Å². The Balaban J connectivity index is 2.02. The minimum atomic E-state index is -2.31. The summed E-state index contributed by atoms with van der Waals surface area (Å²) in [5.41, 5.74) is 11.1. The summed E-state index contributed by atoms with van der Waals surface area (Å²) < 4.78 is 0. The molecule has 3 aliphatic rings. The van der Waals surface area contributed by atoms with Gasteiger partial charge in [-0.05, 0) is 6.07 Å². The third kappa shape index (κ3) is 1.24. The van der Waals surface area contributed by atoms with Gasteiger partial charge in [-0.15, -0.1) is 0 Å². The predicted molar refractivity (Wildman–Crippen MR) is 78.8 cm³/mol. The Morgan fingerprint density at radius 3 is 2.68 bits per heavy atom. The van der Waals surface area contributed by atoms with Crippen molar-refractivity contribution in [3.8, 4) is 0 Å². The molecule has 0 fully saturated rings. The number of benzene rings is 1. The molecule has 0 unspecified atom stereocenters. The van der Waals surface area contributed by atoms with Gasteiger partial charge in [0.1, 0.15) is 12.1 Å². The molecule has 1 aromatic rings. The Hall–Kier alpha value is -2.36. The van der Waals surface area contributed by atoms with E-state index < -0.39 is 23.5 Å². The van der Waals surface area contributed by atoms with Crippen LogP contribution in [0.15, 0.2) is 34.3 Å². The van der Waals surface area contributed by atoms with Gasteiger partial charge in [-0.25, -0.2) is 9.98 Å². The van der Waals surface area contributed by atoms with Crippen LogP contribution >= 0.6 is 0 Å². The van der Waals surface area contributed by atoms with E-state index in [0.29, 0.717) is 5.69 Å². The second-order valence-electron chi connectivity index (χ2n) is 5.61. The molecular weight excluding hydrogens is 288 g/mol. The van der Waals surface area contributed by atoms with Gasteiger partial charge in [0.15, 0.2) is 11.9 Å². The minimum Gasteiger partial charge on any atom is -0.394 e. The van der Waals surface area contributed by atoms with Gasteiger partial charge in [0.05, 0.1) is 12.3 Å². The molecule has 3 heterocycles. The zero-order chi connectivity index (χ0) is 15.7. The first kappa shape index (κ1) is 13.3. The number of aliphatic hydroxyl groups excluding tert-OH is 1. The van der Waals surface area contributed by atoms with Crippen molar-refractivity contribution >= 4 is 17.6 Å². The van der Waals surface area contributed by atoms with Gasteiger partial charge >= 0.3 is 0 Å². The van der Waals surface area contributed by atoms with Crippen molar-refractivity contribution in [3.05, 3.63) is 29.8 Å². The van der Waals surface area contributed by atoms with Crippen LogP contribution in [0.3, 0.4) is 0 Å². The Kier molecular flexibility index (Phi) is 2.35. The van der Waals surface area contributed by atoms with Crippen LogP contribution < -0.4 is 21.7 Å². The number of hydrogen-bond acceptors (Lipinski definition) is 9. The van der Waals surface area contributed by atoms with Crippen LogP contribution in [0, 0.1) is 0 Å². The van der Waals surface area contributed by atoms with Crippen molar-refractivity contribution in [2.75, 3.05) is 11.5 Å². The Morgan fingerprint density at radius 2 is 1.95 bits per heavy atom. The number of nitrogens with zero attached hydrogens (tertiary/aromatic N) is 3. The van der Waals surface area contributed by atoms with E-state index >= 15 is 0 Å². The summed E-state index contributed by atoms with van der Waals surface area (Å²) in [6, 6.07) is 5.23. The van der Waals surface area contributed by atoms with E-state index in [0.717, 1.165) is 0 Å². The average Bonchev–Trinajstić information content (AvgIpc) is 2.93. The molecule has 9 nitrogen and oxygen atoms in total. The molecule has 0 bridgehead atoms. The van der Waals surface area contributed by atoms with Gasteiger partial charge in [0, 0.05) is 5.56 Å². The maximum Gasteiger partial charge on any atom is 0.238 e. The lowest BCUT2D eigenvalue weighted by atomic mass is 9.85. The van der Waals surface area contributed by atoms with E-state index in [4.69, 9.17) is 11.5 Å². The van der Waals surface area contributed by atoms with Crippen LogP contribution in [0.4, 0.5) is 5.69 Å². The molecule has 4 rings (SSSR count). The minimum absolute atomic E-state index is 0.0404. The maximum absolute atomic E-state index is 10.9. The summed E-state index contributed by atoms with van der Waals surface area (Å²) >= 11 is 0. The lowest BCUT2D eigenvalue weighted by Crippen LogP contribution is -2.77. The summed E-state index contributed by atoms with van der Waals surface area (Å²) in [6.45, 7) is -0.341. The summed E-state index contributed by atoms with van der Waals surface area (Å²) in [5, 5.41) is 34.2. The van der Waals surface area contributed by atoms with Gasteiger partial charge in [-0.2, -0.15) is 0 Å². The number of para-hydroxylation sites is 1. The number of guanidine groups is 2. The number of anilines is 1. The molecule has 3 atom stereocenters. The highest BCUT2D eigenvalue weighted by molar-refractivity contribution is 6.02. The SMILES string of the molecule is NC1=N[C@H]2[C@H](CO)N=C(N)N3c4ccccc4C(O)(O)[C@]23N1. The molecule has 116 valence electrons. The topological polar surface area (TPSA) is 153 Å². The van der Waals surface area contributed by atoms with E-state index in [1.165, 1.54) is 4.90 Å². The van der Waals surface area contributed by atoms with Crippen molar-refractivity contribution in [2.24, 2.45) is 21.5 Å². The van der Waals surface area contributed by atoms with E-state index in [1.54, 1.807) is 24.3 Å². The molecule has 9 heteroatoms. The van der Waals surface area contributed by atoms with Crippen LogP contribution in [0.25, 0.3) is 0 Å². The second kappa shape index (κ2) is 3.88. The molecule has 0 aliphatic carbocycles. The lowest BCUT2D eigenvalue weighted by Gasteiger charge is -2.48. The number of fused-ring (bicyclic) bond motifs is 2. The normalized spacial score (nSPS) is 34.2. The molecule has 1 aromatic carbocycles. The van der Waals surface area contributed by atoms with Crippen molar-refractivity contribution in [2.45, 2.75) is 23.5 Å². The predicted octanol–water partition coefficient (Wildman–Crippen LogP) is -2.68. The number of nitrogens with one attached hydrogen (secondary N) is 1. The summed E-state index contributed by atoms with van der Waals surface area (Å²) in [5.74, 6) is -2.21. The zero-order valence-electron chi connectivity index (χ0n) is 11.5. The first-order valence-electron chi connectivity index (χ1n) is 6.83. The molecule has 22 heavy (non-hydrogen) atoms. The summed E-state index contributed by atoms with van der Waals surface area (Å²) in [6.07, 6.45) is 0. The molecule has 3 aliphatic heterocycles. The fourth-order valence-electron chi connectivity index (χ4n) is 3.65. The first-order valence-corrected chi connectivity index (χ1v) is 6.83. The molecule has 0 saturated carbocycles. The van der Waals surface area contributed by atoms with Crippen LogP contribution in [0.2, 0.25) is 0 Å². The smallest absolute Gasteiger partial charge is 0.238 e. The Morgan fingerprint density at radius 1 is 1.23 bits per heavy atom. The van der Waals surface area contributed by atoms with Crippen molar-refractivity contribution in [3.63, 3.8) is 0 Å². The van der Waals surface area contributed by atoms with Crippen LogP contribution in [0.1, 0.15) is 5.56 Å². The van der Waals surface area contributed by atoms with Crippen LogP contribution in [-0.4, -0.2) is 51.6 Å². The van der Waals surface area contributed by atoms with Crippen molar-refractivity contribution < 1.29 is 15.3 Å². The van der Waals surface area contributed by atoms with Crippen molar-refractivity contribution in [1.82, 2.24) is 5.32 Å². The second-order valence-corrected chi connectivity index (χ2v) is 5.61. The highest BCUT2D eigenvalue weighted by Crippen LogP contribution is 2.53. The average molecular weight is 304 g/mol. The molecule has 0 radical (unpaired) electrons. The van der Waals surface area contributed by atoms with Gasteiger partial charge in [0.25, 0.3) is 0 Å². The standard InChI is InChI=1S/C13H16N6O3/c14-10-17-9-7(5-20)16-11(15)19-8-4-2-1-3-6(8)13(21,22)12(9,19)18-10/h1-4,7,9,20-22H,5H2,(H2,15,16)(H3,14,17,18)/t7-,9-,12-/m0/s1. The molecule has 0 saturated heterocycles. The van der Waals surface area contributed by atoms with Crippen LogP contribution in [0.5, 0.6) is 0 Å². The molecule has 0 aromatic heterocycles. The van der Waals surface area contributed by atoms with E-state index in [1.807, 2.05) is 0 Å². The third-order valence-corrected chi connectivity index (χ3v) is 4.51. The molecular formula is C13H16N6O3.